The van der Waals surface area contributed by atoms with Gasteiger partial charge < -0.3 is 19.7 Å². The number of hydrogen-bond acceptors (Lipinski definition) is 6. The van der Waals surface area contributed by atoms with Crippen LogP contribution >= 0.6 is 0 Å². The summed E-state index contributed by atoms with van der Waals surface area (Å²) in [6.45, 7) is 2.17. The van der Waals surface area contributed by atoms with Gasteiger partial charge in [-0.2, -0.15) is 0 Å². The maximum absolute atomic E-state index is 13.2. The van der Waals surface area contributed by atoms with Gasteiger partial charge in [0.25, 0.3) is 0 Å². The predicted molar refractivity (Wildman–Crippen MR) is 167 cm³/mol. The van der Waals surface area contributed by atoms with E-state index in [1.807, 2.05) is 54.6 Å². The number of carbonyl (C=O) groups is 3. The van der Waals surface area contributed by atoms with Gasteiger partial charge in [-0.1, -0.05) is 67.4 Å². The topological polar surface area (TPSA) is 84.9 Å². The highest BCUT2D eigenvalue weighted by Gasteiger charge is 2.31. The highest BCUT2D eigenvalue weighted by Crippen LogP contribution is 2.32. The van der Waals surface area contributed by atoms with Gasteiger partial charge in [-0.3, -0.25) is 9.59 Å². The van der Waals surface area contributed by atoms with E-state index in [0.29, 0.717) is 41.7 Å². The normalized spacial score (nSPS) is 15.5. The quantitative estimate of drug-likeness (QED) is 0.128. The molecule has 7 nitrogen and oxygen atoms in total. The highest BCUT2D eigenvalue weighted by atomic mass is 16.5. The Morgan fingerprint density at radius 1 is 0.884 bits per heavy atom. The molecule has 0 aromatic heterocycles. The zero-order chi connectivity index (χ0) is 30.0. The molecule has 0 unspecified atom stereocenters. The predicted octanol–water partition coefficient (Wildman–Crippen LogP) is 6.31. The average Bonchev–Trinajstić information content (AvgIpc) is 3.70. The third-order valence-corrected chi connectivity index (χ3v) is 8.42. The minimum Gasteiger partial charge on any atom is -0.494 e. The molecule has 0 spiro atoms. The van der Waals surface area contributed by atoms with Gasteiger partial charge in [0, 0.05) is 42.2 Å². The fourth-order valence-electron chi connectivity index (χ4n) is 5.81. The summed E-state index contributed by atoms with van der Waals surface area (Å²) in [4.78, 5) is 41.1. The van der Waals surface area contributed by atoms with Crippen LogP contribution in [0.15, 0.2) is 78.9 Å². The molecule has 0 radical (unpaired) electrons. The Morgan fingerprint density at radius 2 is 1.58 bits per heavy atom. The van der Waals surface area contributed by atoms with Crippen molar-refractivity contribution in [2.24, 2.45) is 11.8 Å². The van der Waals surface area contributed by atoms with Gasteiger partial charge in [0.1, 0.15) is 11.8 Å². The number of methoxy groups -OCH3 is 1. The molecule has 7 heteroatoms. The third kappa shape index (κ3) is 8.46. The van der Waals surface area contributed by atoms with E-state index in [1.165, 1.54) is 32.8 Å². The molecule has 43 heavy (non-hydrogen) atoms. The van der Waals surface area contributed by atoms with Crippen LogP contribution in [0.1, 0.15) is 66.4 Å². The zero-order valence-electron chi connectivity index (χ0n) is 25.0. The number of carbonyl (C=O) groups excluding carboxylic acids is 3. The van der Waals surface area contributed by atoms with Crippen LogP contribution in [0.5, 0.6) is 5.75 Å². The molecule has 0 saturated heterocycles. The lowest BCUT2D eigenvalue weighted by Gasteiger charge is -2.25. The molecule has 3 aromatic rings. The van der Waals surface area contributed by atoms with Crippen molar-refractivity contribution in [3.63, 3.8) is 0 Å². The molecule has 1 amide bonds. The first kappa shape index (κ1) is 30.3. The summed E-state index contributed by atoms with van der Waals surface area (Å²) in [5, 5.41) is 3.25. The Balaban J connectivity index is 1.15. The van der Waals surface area contributed by atoms with Crippen molar-refractivity contribution in [1.82, 2.24) is 4.90 Å². The second-order valence-electron chi connectivity index (χ2n) is 11.7. The second kappa shape index (κ2) is 14.9. The van der Waals surface area contributed by atoms with E-state index in [2.05, 4.69) is 10.2 Å². The molecule has 0 heterocycles. The lowest BCUT2D eigenvalue weighted by molar-refractivity contribution is -0.141. The number of ether oxygens (including phenoxy) is 2. The summed E-state index contributed by atoms with van der Waals surface area (Å²) < 4.78 is 11.1. The van der Waals surface area contributed by atoms with Gasteiger partial charge in [0.2, 0.25) is 5.91 Å². The summed E-state index contributed by atoms with van der Waals surface area (Å²) in [5.74, 6) is 1.46. The van der Waals surface area contributed by atoms with E-state index in [9.17, 15) is 14.4 Å². The number of nitrogens with one attached hydrogen (secondary N) is 1. The minimum absolute atomic E-state index is 0.118. The van der Waals surface area contributed by atoms with E-state index in [1.54, 1.807) is 24.3 Å². The van der Waals surface area contributed by atoms with Gasteiger partial charge in [-0.05, 0) is 67.9 Å². The maximum atomic E-state index is 13.2. The zero-order valence-corrected chi connectivity index (χ0v) is 25.0. The summed E-state index contributed by atoms with van der Waals surface area (Å²) in [6, 6.07) is 23.3. The number of nitrogens with zero attached hydrogens (tertiary/aromatic N) is 1. The van der Waals surface area contributed by atoms with Crippen LogP contribution in [0.3, 0.4) is 0 Å². The molecule has 0 aliphatic heterocycles. The Morgan fingerprint density at radius 3 is 2.28 bits per heavy atom. The van der Waals surface area contributed by atoms with Gasteiger partial charge in [-0.15, -0.1) is 0 Å². The van der Waals surface area contributed by atoms with Crippen molar-refractivity contribution in [2.75, 3.05) is 32.1 Å². The van der Waals surface area contributed by atoms with Crippen LogP contribution in [-0.4, -0.2) is 55.4 Å². The van der Waals surface area contributed by atoms with E-state index in [0.717, 1.165) is 43.7 Å². The van der Waals surface area contributed by atoms with Crippen molar-refractivity contribution in [1.29, 1.82) is 0 Å². The largest absolute Gasteiger partial charge is 0.494 e. The molecule has 1 atom stereocenters. The third-order valence-electron chi connectivity index (χ3n) is 8.42. The molecule has 226 valence electrons. The van der Waals surface area contributed by atoms with Gasteiger partial charge in [0.15, 0.2) is 5.78 Å². The molecule has 0 bridgehead atoms. The van der Waals surface area contributed by atoms with Gasteiger partial charge in [0.05, 0.1) is 13.7 Å². The number of para-hydroxylation sites is 1. The first-order valence-electron chi connectivity index (χ1n) is 15.6. The number of benzene rings is 3. The summed E-state index contributed by atoms with van der Waals surface area (Å²) >= 11 is 0. The highest BCUT2D eigenvalue weighted by molar-refractivity contribution is 6.12. The molecular formula is C36H42N2O5. The Bertz CT molecular complexity index is 1360. The van der Waals surface area contributed by atoms with Crippen LogP contribution in [0.2, 0.25) is 0 Å². The first-order valence-corrected chi connectivity index (χ1v) is 15.6. The lowest BCUT2D eigenvalue weighted by atomic mass is 10.00. The smallest absolute Gasteiger partial charge is 0.328 e. The number of rotatable bonds is 15. The standard InChI is InChI=1S/C36H42N2O5/c1-42-36(41)33(37-32-15-8-7-14-31(32)34(39)28-10-3-2-4-11-28)24-26-18-20-30(21-19-26)43-23-9-22-38(25-27-16-17-27)35(40)29-12-5-6-13-29/h2-4,7-8,10-11,14-15,18-21,27,29,33,37H,5-6,9,12-13,16-17,22-25H2,1H3/t33-/m0/s1. The van der Waals surface area contributed by atoms with Crippen molar-refractivity contribution in [3.8, 4) is 5.75 Å². The van der Waals surface area contributed by atoms with Crippen molar-refractivity contribution < 1.29 is 23.9 Å². The molecule has 2 fully saturated rings. The monoisotopic (exact) mass is 582 g/mol. The van der Waals surface area contributed by atoms with Crippen LogP contribution in [0.4, 0.5) is 5.69 Å². The summed E-state index contributed by atoms with van der Waals surface area (Å²) in [7, 11) is 1.36. The van der Waals surface area contributed by atoms with E-state index < -0.39 is 12.0 Å². The maximum Gasteiger partial charge on any atom is 0.328 e. The fourth-order valence-corrected chi connectivity index (χ4v) is 5.81. The molecule has 2 aliphatic carbocycles. The van der Waals surface area contributed by atoms with Crippen molar-refractivity contribution in [2.45, 2.75) is 57.4 Å². The molecule has 2 aliphatic rings. The Hall–Kier alpha value is -4.13. The van der Waals surface area contributed by atoms with Crippen LogP contribution in [0.25, 0.3) is 0 Å². The lowest BCUT2D eigenvalue weighted by Crippen LogP contribution is -2.38. The number of esters is 1. The SMILES string of the molecule is COC(=O)[C@H](Cc1ccc(OCCCN(CC2CC2)C(=O)C2CCCC2)cc1)Nc1ccccc1C(=O)c1ccccc1. The van der Waals surface area contributed by atoms with Crippen LogP contribution < -0.4 is 10.1 Å². The van der Waals surface area contributed by atoms with Gasteiger partial charge in [-0.25, -0.2) is 4.79 Å². The Labute approximate surface area is 254 Å². The molecule has 1 N–H and O–H groups in total. The van der Waals surface area contributed by atoms with Gasteiger partial charge >= 0.3 is 5.97 Å². The van der Waals surface area contributed by atoms with E-state index >= 15 is 0 Å². The minimum atomic E-state index is -0.684. The van der Waals surface area contributed by atoms with E-state index in [-0.39, 0.29) is 11.7 Å². The second-order valence-corrected chi connectivity index (χ2v) is 11.7. The van der Waals surface area contributed by atoms with Crippen molar-refractivity contribution >= 4 is 23.3 Å². The fraction of sp³-hybridized carbons (Fsp3) is 0.417. The number of amides is 1. The van der Waals surface area contributed by atoms with Crippen molar-refractivity contribution in [3.05, 3.63) is 95.6 Å². The molecule has 5 rings (SSSR count). The van der Waals surface area contributed by atoms with Crippen LogP contribution in [0, 0.1) is 11.8 Å². The average molecular weight is 583 g/mol. The summed E-state index contributed by atoms with van der Waals surface area (Å²) in [5.41, 5.74) is 2.58. The van der Waals surface area contributed by atoms with Crippen LogP contribution in [-0.2, 0) is 20.7 Å². The Kier molecular flexibility index (Phi) is 10.5. The molecule has 2 saturated carbocycles. The molecular weight excluding hydrogens is 540 g/mol. The first-order chi connectivity index (χ1) is 21.0. The summed E-state index contributed by atoms with van der Waals surface area (Å²) in [6.07, 6.45) is 8.06. The molecule has 3 aromatic carbocycles. The van der Waals surface area contributed by atoms with E-state index in [4.69, 9.17) is 9.47 Å². The number of anilines is 1. The number of ketones is 1. The number of hydrogen-bond donors (Lipinski definition) is 1.